The number of unbranched alkanes of at least 4 members (excludes halogenated alkanes) is 6. The Labute approximate surface area is 161 Å². The third-order valence-corrected chi connectivity index (χ3v) is 4.33. The molecule has 1 heterocycles. The van der Waals surface area contributed by atoms with Crippen molar-refractivity contribution in [1.29, 1.82) is 0 Å². The van der Waals surface area contributed by atoms with Gasteiger partial charge in [0.15, 0.2) is 0 Å². The predicted molar refractivity (Wildman–Crippen MR) is 90.0 cm³/mol. The van der Waals surface area contributed by atoms with Crippen LogP contribution in [0.1, 0.15) is 76.6 Å². The standard InChI is InChI=1S/C16H26BrN2.ClH.Mg/c1-3-5-7-9-11-14-16(17)15(19-13-18-14)12-10-8-6-4-2;;/h3-12H2,1-2H3;1H;/q-1;;+2/p-1. The third-order valence-electron chi connectivity index (χ3n) is 3.41. The Kier molecular flexibility index (Phi) is 17.6. The molecule has 0 amide bonds. The zero-order valence-electron chi connectivity index (χ0n) is 13.4. The van der Waals surface area contributed by atoms with E-state index < -0.39 is 0 Å². The van der Waals surface area contributed by atoms with E-state index >= 15 is 0 Å². The molecule has 0 N–H and O–H groups in total. The minimum atomic E-state index is 0. The molecule has 0 radical (unpaired) electrons. The zero-order chi connectivity index (χ0) is 13.9. The van der Waals surface area contributed by atoms with Crippen LogP contribution in [0, 0.1) is 6.33 Å². The van der Waals surface area contributed by atoms with Gasteiger partial charge in [0.1, 0.15) is 0 Å². The maximum atomic E-state index is 4.30. The van der Waals surface area contributed by atoms with E-state index in [2.05, 4.69) is 46.1 Å². The normalized spacial score (nSPS) is 9.86. The molecule has 0 unspecified atom stereocenters. The van der Waals surface area contributed by atoms with Gasteiger partial charge in [-0.05, 0) is 4.47 Å². The van der Waals surface area contributed by atoms with Crippen LogP contribution < -0.4 is 12.4 Å². The second kappa shape index (κ2) is 15.5. The van der Waals surface area contributed by atoms with Gasteiger partial charge in [0.2, 0.25) is 0 Å². The SMILES string of the molecule is CCCCCCc1n[c-]nc(CCCCCC)c1Br.[Cl-].[Mg+2]. The van der Waals surface area contributed by atoms with Crippen molar-refractivity contribution in [2.75, 3.05) is 0 Å². The molecule has 0 atom stereocenters. The summed E-state index contributed by atoms with van der Waals surface area (Å²) in [4.78, 5) is 8.60. The molecule has 0 aromatic carbocycles. The van der Waals surface area contributed by atoms with Crippen molar-refractivity contribution in [2.45, 2.75) is 78.1 Å². The molecule has 0 aliphatic heterocycles. The average Bonchev–Trinajstić information content (AvgIpc) is 2.43. The molecule has 0 spiro atoms. The average molecular weight is 386 g/mol. The van der Waals surface area contributed by atoms with Crippen molar-refractivity contribution in [2.24, 2.45) is 0 Å². The van der Waals surface area contributed by atoms with Crippen LogP contribution in [0.15, 0.2) is 4.47 Å². The van der Waals surface area contributed by atoms with E-state index in [0.29, 0.717) is 0 Å². The van der Waals surface area contributed by atoms with E-state index in [1.54, 1.807) is 0 Å². The number of aryl methyl sites for hydroxylation is 2. The fourth-order valence-corrected chi connectivity index (χ4v) is 2.75. The van der Waals surface area contributed by atoms with Crippen molar-refractivity contribution in [3.05, 3.63) is 22.2 Å². The van der Waals surface area contributed by atoms with Gasteiger partial charge in [-0.2, -0.15) is 0 Å². The van der Waals surface area contributed by atoms with Crippen LogP contribution in [0.2, 0.25) is 0 Å². The second-order valence-electron chi connectivity index (χ2n) is 5.15. The first kappa shape index (κ1) is 23.9. The predicted octanol–water partition coefficient (Wildman–Crippen LogP) is 1.91. The fourth-order valence-electron chi connectivity index (χ4n) is 2.18. The largest absolute Gasteiger partial charge is 2.00 e. The molecule has 2 nitrogen and oxygen atoms in total. The fraction of sp³-hybridized carbons (Fsp3) is 0.750. The van der Waals surface area contributed by atoms with E-state index in [0.717, 1.165) is 28.7 Å². The Morgan fingerprint density at radius 3 is 1.62 bits per heavy atom. The molecule has 21 heavy (non-hydrogen) atoms. The van der Waals surface area contributed by atoms with Crippen LogP contribution in [0.3, 0.4) is 0 Å². The molecule has 0 aliphatic rings. The molecule has 0 saturated carbocycles. The topological polar surface area (TPSA) is 25.8 Å². The first-order valence-corrected chi connectivity index (χ1v) is 8.50. The van der Waals surface area contributed by atoms with Gasteiger partial charge in [-0.3, -0.25) is 0 Å². The van der Waals surface area contributed by atoms with Gasteiger partial charge >= 0.3 is 23.1 Å². The molecule has 1 aromatic rings. The molecule has 0 saturated heterocycles. The molecule has 5 heteroatoms. The summed E-state index contributed by atoms with van der Waals surface area (Å²) in [6, 6.07) is 0. The van der Waals surface area contributed by atoms with Gasteiger partial charge in [0, 0.05) is 6.33 Å². The van der Waals surface area contributed by atoms with Crippen LogP contribution in [0.5, 0.6) is 0 Å². The van der Waals surface area contributed by atoms with E-state index in [1.165, 1.54) is 51.4 Å². The summed E-state index contributed by atoms with van der Waals surface area (Å²) < 4.78 is 1.12. The maximum Gasteiger partial charge on any atom is 2.00 e. The van der Waals surface area contributed by atoms with Crippen LogP contribution in [0.25, 0.3) is 0 Å². The number of rotatable bonds is 10. The third kappa shape index (κ3) is 10.1. The molecular weight excluding hydrogens is 360 g/mol. The van der Waals surface area contributed by atoms with Gasteiger partial charge in [-0.1, -0.05) is 105 Å². The second-order valence-corrected chi connectivity index (χ2v) is 5.95. The number of hydrogen-bond acceptors (Lipinski definition) is 2. The van der Waals surface area contributed by atoms with Crippen molar-refractivity contribution >= 4 is 39.0 Å². The summed E-state index contributed by atoms with van der Waals surface area (Å²) in [6.45, 7) is 4.48. The van der Waals surface area contributed by atoms with Crippen molar-refractivity contribution in [1.82, 2.24) is 9.97 Å². The molecular formula is C16H26BrClMgN2. The Bertz CT molecular complexity index is 334. The number of halogens is 2. The zero-order valence-corrected chi connectivity index (χ0v) is 17.2. The molecule has 0 aliphatic carbocycles. The first-order valence-electron chi connectivity index (χ1n) is 7.70. The van der Waals surface area contributed by atoms with Gasteiger partial charge in [0.25, 0.3) is 0 Å². The molecule has 0 fully saturated rings. The van der Waals surface area contributed by atoms with Crippen molar-refractivity contribution in [3.8, 4) is 0 Å². The molecule has 1 aromatic heterocycles. The summed E-state index contributed by atoms with van der Waals surface area (Å²) in [6.07, 6.45) is 15.1. The number of hydrogen-bond donors (Lipinski definition) is 0. The van der Waals surface area contributed by atoms with Crippen LogP contribution in [-0.2, 0) is 12.8 Å². The summed E-state index contributed by atoms with van der Waals surface area (Å²) in [5, 5.41) is 0. The van der Waals surface area contributed by atoms with Crippen molar-refractivity contribution in [3.63, 3.8) is 0 Å². The van der Waals surface area contributed by atoms with Gasteiger partial charge in [0.05, 0.1) is 0 Å². The molecule has 0 bridgehead atoms. The molecule has 116 valence electrons. The Morgan fingerprint density at radius 2 is 1.24 bits per heavy atom. The Balaban J connectivity index is 0. The smallest absolute Gasteiger partial charge is 1.00 e. The quantitative estimate of drug-likeness (QED) is 0.349. The van der Waals surface area contributed by atoms with E-state index in [-0.39, 0.29) is 35.5 Å². The minimum absolute atomic E-state index is 0. The summed E-state index contributed by atoms with van der Waals surface area (Å²) in [7, 11) is 0. The van der Waals surface area contributed by atoms with Gasteiger partial charge in [-0.25, -0.2) is 0 Å². The van der Waals surface area contributed by atoms with Crippen LogP contribution in [0.4, 0.5) is 0 Å². The van der Waals surface area contributed by atoms with Crippen molar-refractivity contribution < 1.29 is 12.4 Å². The monoisotopic (exact) mass is 384 g/mol. The Morgan fingerprint density at radius 1 is 0.810 bits per heavy atom. The number of nitrogens with zero attached hydrogens (tertiary/aromatic N) is 2. The van der Waals surface area contributed by atoms with Gasteiger partial charge in [-0.15, -0.1) is 0 Å². The van der Waals surface area contributed by atoms with E-state index in [9.17, 15) is 0 Å². The van der Waals surface area contributed by atoms with Crippen LogP contribution in [-0.4, -0.2) is 33.0 Å². The summed E-state index contributed by atoms with van der Waals surface area (Å²) >= 11 is 3.67. The summed E-state index contributed by atoms with van der Waals surface area (Å²) in [5.74, 6) is 0. The maximum absolute atomic E-state index is 4.30. The molecule has 1 rings (SSSR count). The minimum Gasteiger partial charge on any atom is -1.00 e. The number of aromatic nitrogens is 2. The summed E-state index contributed by atoms with van der Waals surface area (Å²) in [5.41, 5.74) is 2.27. The van der Waals surface area contributed by atoms with E-state index in [1.807, 2.05) is 0 Å². The first-order chi connectivity index (χ1) is 9.29. The Hall–Kier alpha value is 0.616. The van der Waals surface area contributed by atoms with Gasteiger partial charge < -0.3 is 22.4 Å². The van der Waals surface area contributed by atoms with E-state index in [4.69, 9.17) is 0 Å². The van der Waals surface area contributed by atoms with Crippen LogP contribution >= 0.6 is 15.9 Å².